The molecule has 22 heavy (non-hydrogen) atoms. The van der Waals surface area contributed by atoms with Gasteiger partial charge in [-0.05, 0) is 30.9 Å². The Morgan fingerprint density at radius 2 is 2.27 bits per heavy atom. The zero-order chi connectivity index (χ0) is 15.7. The van der Waals surface area contributed by atoms with Crippen LogP contribution in [0.15, 0.2) is 30.7 Å². The maximum Gasteiger partial charge on any atom is 0.274 e. The van der Waals surface area contributed by atoms with Gasteiger partial charge in [0, 0.05) is 25.0 Å². The van der Waals surface area contributed by atoms with Gasteiger partial charge in [0.2, 0.25) is 0 Å². The van der Waals surface area contributed by atoms with Crippen molar-refractivity contribution >= 4 is 5.91 Å². The van der Waals surface area contributed by atoms with Crippen molar-refractivity contribution in [3.8, 4) is 5.75 Å². The molecule has 3 rings (SSSR count). The van der Waals surface area contributed by atoms with Crippen LogP contribution in [0, 0.1) is 5.92 Å². The highest BCUT2D eigenvalue weighted by atomic mass is 16.3. The van der Waals surface area contributed by atoms with Crippen molar-refractivity contribution in [1.82, 2.24) is 20.1 Å². The van der Waals surface area contributed by atoms with E-state index in [-0.39, 0.29) is 29.5 Å². The first-order valence-electron chi connectivity index (χ1n) is 7.16. The number of nitrogens with one attached hydrogen (secondary N) is 1. The van der Waals surface area contributed by atoms with Crippen LogP contribution in [0.5, 0.6) is 5.75 Å². The summed E-state index contributed by atoms with van der Waals surface area (Å²) >= 11 is 0. The Morgan fingerprint density at radius 3 is 2.86 bits per heavy atom. The Labute approximate surface area is 127 Å². The summed E-state index contributed by atoms with van der Waals surface area (Å²) in [5.74, 6) is -0.444. The van der Waals surface area contributed by atoms with Gasteiger partial charge in [-0.15, -0.1) is 0 Å². The van der Waals surface area contributed by atoms with Gasteiger partial charge in [-0.25, -0.2) is 4.98 Å². The van der Waals surface area contributed by atoms with Gasteiger partial charge in [-0.1, -0.05) is 0 Å². The van der Waals surface area contributed by atoms with E-state index in [4.69, 9.17) is 0 Å². The standard InChI is InChI=1S/C15H18N4O3/c1-19-8-10(7-17-19)13(9-5-11(20)6-9)18-15(22)14-12(21)3-2-4-16-14/h2-4,7-9,11,13,20-21H,5-6H2,1H3,(H,18,22)/t9?,11?,13-/m0/s1. The summed E-state index contributed by atoms with van der Waals surface area (Å²) in [6.07, 6.45) is 5.95. The molecule has 2 aromatic rings. The molecule has 7 nitrogen and oxygen atoms in total. The number of carbonyl (C=O) groups is 1. The van der Waals surface area contributed by atoms with Crippen molar-refractivity contribution in [2.45, 2.75) is 25.0 Å². The summed E-state index contributed by atoms with van der Waals surface area (Å²) in [6, 6.07) is 2.73. The van der Waals surface area contributed by atoms with E-state index in [2.05, 4.69) is 15.4 Å². The Morgan fingerprint density at radius 1 is 1.50 bits per heavy atom. The monoisotopic (exact) mass is 302 g/mol. The Kier molecular flexibility index (Phi) is 3.81. The third-order valence-corrected chi connectivity index (χ3v) is 3.99. The topological polar surface area (TPSA) is 100 Å². The van der Waals surface area contributed by atoms with Gasteiger partial charge in [-0.3, -0.25) is 9.48 Å². The highest BCUT2D eigenvalue weighted by Gasteiger charge is 2.36. The number of carbonyl (C=O) groups excluding carboxylic acids is 1. The summed E-state index contributed by atoms with van der Waals surface area (Å²) in [5.41, 5.74) is 0.874. The first-order valence-corrected chi connectivity index (χ1v) is 7.16. The Balaban J connectivity index is 1.81. The lowest BCUT2D eigenvalue weighted by Crippen LogP contribution is -2.41. The second-order valence-corrected chi connectivity index (χ2v) is 5.65. The Hall–Kier alpha value is -2.41. The van der Waals surface area contributed by atoms with Gasteiger partial charge < -0.3 is 15.5 Å². The van der Waals surface area contributed by atoms with Crippen LogP contribution in [0.4, 0.5) is 0 Å². The minimum atomic E-state index is -0.437. The summed E-state index contributed by atoms with van der Waals surface area (Å²) < 4.78 is 1.67. The molecule has 1 amide bonds. The zero-order valence-corrected chi connectivity index (χ0v) is 12.2. The molecular weight excluding hydrogens is 284 g/mol. The van der Waals surface area contributed by atoms with Crippen LogP contribution in [0.25, 0.3) is 0 Å². The van der Waals surface area contributed by atoms with E-state index in [0.29, 0.717) is 12.8 Å². The van der Waals surface area contributed by atoms with Crippen LogP contribution in [0.3, 0.4) is 0 Å². The highest BCUT2D eigenvalue weighted by molar-refractivity contribution is 5.95. The van der Waals surface area contributed by atoms with E-state index in [1.54, 1.807) is 16.9 Å². The molecule has 3 N–H and O–H groups in total. The fraction of sp³-hybridized carbons (Fsp3) is 0.400. The van der Waals surface area contributed by atoms with Gasteiger partial charge in [0.1, 0.15) is 5.75 Å². The van der Waals surface area contributed by atoms with E-state index in [9.17, 15) is 15.0 Å². The van der Waals surface area contributed by atoms with Crippen LogP contribution in [0.1, 0.15) is 34.9 Å². The largest absolute Gasteiger partial charge is 0.505 e. The fourth-order valence-corrected chi connectivity index (χ4v) is 2.76. The Bertz CT molecular complexity index is 679. The molecule has 0 aromatic carbocycles. The van der Waals surface area contributed by atoms with E-state index in [0.717, 1.165) is 5.56 Å². The summed E-state index contributed by atoms with van der Waals surface area (Å²) in [5, 5.41) is 26.3. The molecule has 2 heterocycles. The first-order chi connectivity index (χ1) is 10.5. The number of hydrogen-bond donors (Lipinski definition) is 3. The van der Waals surface area contributed by atoms with E-state index in [1.165, 1.54) is 12.3 Å². The maximum absolute atomic E-state index is 12.4. The van der Waals surface area contributed by atoms with Crippen molar-refractivity contribution in [1.29, 1.82) is 0 Å². The number of aromatic nitrogens is 3. The molecule has 0 spiro atoms. The highest BCUT2D eigenvalue weighted by Crippen LogP contribution is 2.38. The smallest absolute Gasteiger partial charge is 0.274 e. The minimum absolute atomic E-state index is 0.00346. The first kappa shape index (κ1) is 14.5. The van der Waals surface area contributed by atoms with Gasteiger partial charge >= 0.3 is 0 Å². The summed E-state index contributed by atoms with van der Waals surface area (Å²) in [6.45, 7) is 0. The van der Waals surface area contributed by atoms with Crippen LogP contribution in [-0.4, -0.2) is 37.0 Å². The van der Waals surface area contributed by atoms with Crippen molar-refractivity contribution < 1.29 is 15.0 Å². The molecule has 1 aliphatic carbocycles. The van der Waals surface area contributed by atoms with E-state index < -0.39 is 5.91 Å². The molecule has 1 fully saturated rings. The molecule has 1 atom stereocenters. The minimum Gasteiger partial charge on any atom is -0.505 e. The van der Waals surface area contributed by atoms with Gasteiger partial charge in [0.05, 0.1) is 18.3 Å². The van der Waals surface area contributed by atoms with Crippen molar-refractivity contribution in [2.75, 3.05) is 0 Å². The molecular formula is C15H18N4O3. The SMILES string of the molecule is Cn1cc([C@@H](NC(=O)c2ncccc2O)C2CC(O)C2)cn1. The second kappa shape index (κ2) is 5.76. The molecule has 0 radical (unpaired) electrons. The predicted octanol–water partition coefficient (Wildman–Crippen LogP) is 0.763. The molecule has 0 bridgehead atoms. The number of aliphatic hydroxyl groups is 1. The van der Waals surface area contributed by atoms with Crippen LogP contribution in [0.2, 0.25) is 0 Å². The number of hydrogen-bond acceptors (Lipinski definition) is 5. The van der Waals surface area contributed by atoms with Gasteiger partial charge in [0.25, 0.3) is 5.91 Å². The lowest BCUT2D eigenvalue weighted by molar-refractivity contribution is 0.0234. The predicted molar refractivity (Wildman–Crippen MR) is 78.0 cm³/mol. The van der Waals surface area contributed by atoms with Gasteiger partial charge in [0.15, 0.2) is 5.69 Å². The number of amides is 1. The quantitative estimate of drug-likeness (QED) is 0.774. The van der Waals surface area contributed by atoms with Crippen molar-refractivity contribution in [3.05, 3.63) is 42.0 Å². The number of aryl methyl sites for hydroxylation is 1. The summed E-state index contributed by atoms with van der Waals surface area (Å²) in [4.78, 5) is 16.3. The number of pyridine rings is 1. The number of nitrogens with zero attached hydrogens (tertiary/aromatic N) is 3. The molecule has 0 unspecified atom stereocenters. The third-order valence-electron chi connectivity index (χ3n) is 3.99. The van der Waals surface area contributed by atoms with E-state index in [1.807, 2.05) is 13.2 Å². The maximum atomic E-state index is 12.4. The molecule has 2 aromatic heterocycles. The number of aliphatic hydroxyl groups excluding tert-OH is 1. The van der Waals surface area contributed by atoms with Crippen LogP contribution >= 0.6 is 0 Å². The molecule has 0 saturated heterocycles. The molecule has 1 aliphatic rings. The lowest BCUT2D eigenvalue weighted by atomic mass is 9.75. The molecule has 7 heteroatoms. The lowest BCUT2D eigenvalue weighted by Gasteiger charge is -2.37. The molecule has 116 valence electrons. The zero-order valence-electron chi connectivity index (χ0n) is 12.2. The average molecular weight is 302 g/mol. The second-order valence-electron chi connectivity index (χ2n) is 5.65. The summed E-state index contributed by atoms with van der Waals surface area (Å²) in [7, 11) is 1.81. The molecule has 0 aliphatic heterocycles. The van der Waals surface area contributed by atoms with Gasteiger partial charge in [-0.2, -0.15) is 5.10 Å². The van der Waals surface area contributed by atoms with Crippen LogP contribution in [-0.2, 0) is 7.05 Å². The number of aromatic hydroxyl groups is 1. The molecule has 1 saturated carbocycles. The van der Waals surface area contributed by atoms with E-state index >= 15 is 0 Å². The average Bonchev–Trinajstić information content (AvgIpc) is 2.88. The van der Waals surface area contributed by atoms with Crippen LogP contribution < -0.4 is 5.32 Å². The third kappa shape index (κ3) is 2.80. The van der Waals surface area contributed by atoms with Crippen molar-refractivity contribution in [3.63, 3.8) is 0 Å². The normalized spacial score (nSPS) is 21.9. The van der Waals surface area contributed by atoms with Crippen molar-refractivity contribution in [2.24, 2.45) is 13.0 Å². The number of rotatable bonds is 4. The fourth-order valence-electron chi connectivity index (χ4n) is 2.76.